The molecule has 8 nitrogen and oxygen atoms in total. The number of carboxylic acid groups (broad SMARTS) is 1. The van der Waals surface area contributed by atoms with Gasteiger partial charge in [-0.15, -0.1) is 0 Å². The summed E-state index contributed by atoms with van der Waals surface area (Å²) in [7, 11) is 0. The Morgan fingerprint density at radius 2 is 1.89 bits per heavy atom. The summed E-state index contributed by atoms with van der Waals surface area (Å²) in [6, 6.07) is 10.6. The van der Waals surface area contributed by atoms with Crippen LogP contribution in [0, 0.1) is 11.7 Å². The number of aliphatic carboxylic acids is 1. The summed E-state index contributed by atoms with van der Waals surface area (Å²) in [5.74, 6) is -1.09. The maximum atomic E-state index is 15.0. The van der Waals surface area contributed by atoms with Crippen LogP contribution in [0.5, 0.6) is 5.88 Å². The van der Waals surface area contributed by atoms with Crippen LogP contribution in [0.4, 0.5) is 4.39 Å². The largest absolute Gasteiger partial charge is 0.481 e. The van der Waals surface area contributed by atoms with Crippen molar-refractivity contribution in [1.29, 1.82) is 0 Å². The first-order valence-electron chi connectivity index (χ1n) is 11.8. The zero-order chi connectivity index (χ0) is 24.1. The van der Waals surface area contributed by atoms with Gasteiger partial charge >= 0.3 is 5.97 Å². The maximum absolute atomic E-state index is 15.0. The smallest absolute Gasteiger partial charge is 0.306 e. The molecule has 3 aromatic rings. The van der Waals surface area contributed by atoms with E-state index in [4.69, 9.17) is 14.2 Å². The van der Waals surface area contributed by atoms with Crippen LogP contribution in [-0.2, 0) is 14.3 Å². The number of aromatic amines is 1. The quantitative estimate of drug-likeness (QED) is 0.512. The highest BCUT2D eigenvalue weighted by Crippen LogP contribution is 2.34. The minimum absolute atomic E-state index is 0.219. The number of carboxylic acids is 1. The number of H-pyrrole nitrogens is 1. The van der Waals surface area contributed by atoms with Gasteiger partial charge in [0.25, 0.3) is 0 Å². The second-order valence-electron chi connectivity index (χ2n) is 9.32. The number of ether oxygens (including phenoxy) is 3. The number of fused-ring (bicyclic) bond motifs is 2. The van der Waals surface area contributed by atoms with Crippen molar-refractivity contribution in [2.75, 3.05) is 13.2 Å². The van der Waals surface area contributed by atoms with Crippen molar-refractivity contribution < 1.29 is 33.6 Å². The molecule has 1 aliphatic carbocycles. The number of aliphatic hydroxyl groups is 1. The highest BCUT2D eigenvalue weighted by molar-refractivity contribution is 5.81. The number of hydrogen-bond acceptors (Lipinski definition) is 6. The van der Waals surface area contributed by atoms with Crippen LogP contribution in [0.15, 0.2) is 42.5 Å². The Labute approximate surface area is 200 Å². The average molecular weight is 480 g/mol. The molecule has 2 aliphatic heterocycles. The fraction of sp³-hybridized carbons (Fsp3) is 0.385. The zero-order valence-electron chi connectivity index (χ0n) is 18.8. The van der Waals surface area contributed by atoms with Crippen LogP contribution < -0.4 is 4.74 Å². The lowest BCUT2D eigenvalue weighted by Gasteiger charge is -2.19. The van der Waals surface area contributed by atoms with E-state index in [9.17, 15) is 19.4 Å². The van der Waals surface area contributed by atoms with Gasteiger partial charge in [0.2, 0.25) is 0 Å². The van der Waals surface area contributed by atoms with Crippen LogP contribution in [0.25, 0.3) is 27.9 Å². The fourth-order valence-corrected chi connectivity index (χ4v) is 5.14. The van der Waals surface area contributed by atoms with Crippen LogP contribution in [0.2, 0.25) is 0 Å². The number of allylic oxidation sites excluding steroid dienone is 2. The Bertz CT molecular complexity index is 1300. The summed E-state index contributed by atoms with van der Waals surface area (Å²) < 4.78 is 32.1. The SMILES string of the molecule is O=C(O)C1CC=C(c2ccc(-c3nc4cc(O[C@@H]5CO[C@H]6[C@@H]5OC[C@H]6O)[nH]c4cc3F)cc2)CC1. The Hall–Kier alpha value is -3.27. The Morgan fingerprint density at radius 3 is 2.63 bits per heavy atom. The van der Waals surface area contributed by atoms with E-state index in [0.29, 0.717) is 48.3 Å². The first-order chi connectivity index (χ1) is 17.0. The van der Waals surface area contributed by atoms with Gasteiger partial charge in [0.15, 0.2) is 17.8 Å². The van der Waals surface area contributed by atoms with Gasteiger partial charge in [-0.05, 0) is 30.4 Å². The van der Waals surface area contributed by atoms with Gasteiger partial charge in [-0.1, -0.05) is 30.3 Å². The van der Waals surface area contributed by atoms with E-state index in [1.807, 2.05) is 30.3 Å². The molecule has 4 heterocycles. The van der Waals surface area contributed by atoms with E-state index in [1.54, 1.807) is 6.07 Å². The van der Waals surface area contributed by atoms with E-state index in [2.05, 4.69) is 9.97 Å². The number of nitrogens with zero attached hydrogens (tertiary/aromatic N) is 1. The number of aromatic nitrogens is 2. The van der Waals surface area contributed by atoms with Gasteiger partial charge in [-0.3, -0.25) is 4.79 Å². The molecule has 3 aliphatic rings. The van der Waals surface area contributed by atoms with Gasteiger partial charge in [0, 0.05) is 17.7 Å². The summed E-state index contributed by atoms with van der Waals surface area (Å²) in [6.45, 7) is 0.519. The van der Waals surface area contributed by atoms with Crippen molar-refractivity contribution >= 4 is 22.6 Å². The van der Waals surface area contributed by atoms with Gasteiger partial charge < -0.3 is 29.4 Å². The molecule has 2 aromatic heterocycles. The molecule has 9 heteroatoms. The number of pyridine rings is 1. The predicted octanol–water partition coefficient (Wildman–Crippen LogP) is 3.54. The van der Waals surface area contributed by atoms with Crippen molar-refractivity contribution in [3.63, 3.8) is 0 Å². The first-order valence-corrected chi connectivity index (χ1v) is 11.8. The molecule has 0 spiro atoms. The third kappa shape index (κ3) is 4.09. The second kappa shape index (κ2) is 8.75. The molecular formula is C26H25FN2O6. The maximum Gasteiger partial charge on any atom is 0.306 e. The molecule has 2 fully saturated rings. The topological polar surface area (TPSA) is 114 Å². The lowest BCUT2D eigenvalue weighted by atomic mass is 9.86. The zero-order valence-corrected chi connectivity index (χ0v) is 18.8. The molecule has 0 saturated carbocycles. The molecule has 0 amide bonds. The van der Waals surface area contributed by atoms with E-state index in [1.165, 1.54) is 6.07 Å². The molecule has 2 saturated heterocycles. The van der Waals surface area contributed by atoms with E-state index in [-0.39, 0.29) is 30.4 Å². The lowest BCUT2D eigenvalue weighted by molar-refractivity contribution is -0.141. The Balaban J connectivity index is 1.21. The van der Waals surface area contributed by atoms with Gasteiger partial charge in [0.1, 0.15) is 24.0 Å². The normalized spacial score (nSPS) is 28.2. The number of halogens is 1. The molecule has 182 valence electrons. The highest BCUT2D eigenvalue weighted by atomic mass is 19.1. The molecule has 6 rings (SSSR count). The molecule has 3 N–H and O–H groups in total. The van der Waals surface area contributed by atoms with E-state index < -0.39 is 24.0 Å². The number of hydrogen-bond donors (Lipinski definition) is 3. The first kappa shape index (κ1) is 22.2. The van der Waals surface area contributed by atoms with Crippen molar-refractivity contribution in [1.82, 2.24) is 9.97 Å². The Kier molecular flexibility index (Phi) is 5.55. The molecule has 0 radical (unpaired) electrons. The third-order valence-corrected chi connectivity index (χ3v) is 7.08. The van der Waals surface area contributed by atoms with Crippen molar-refractivity contribution in [2.45, 2.75) is 43.7 Å². The van der Waals surface area contributed by atoms with E-state index in [0.717, 1.165) is 11.1 Å². The number of carbonyl (C=O) groups is 1. The van der Waals surface area contributed by atoms with Crippen LogP contribution in [-0.4, -0.2) is 63.8 Å². The van der Waals surface area contributed by atoms with E-state index >= 15 is 0 Å². The fourth-order valence-electron chi connectivity index (χ4n) is 5.14. The third-order valence-electron chi connectivity index (χ3n) is 7.08. The number of benzene rings is 1. The minimum Gasteiger partial charge on any atom is -0.481 e. The number of aliphatic hydroxyl groups excluding tert-OH is 1. The molecule has 35 heavy (non-hydrogen) atoms. The lowest BCUT2D eigenvalue weighted by Crippen LogP contribution is -2.34. The molecule has 1 unspecified atom stereocenters. The van der Waals surface area contributed by atoms with Crippen LogP contribution in [0.3, 0.4) is 0 Å². The predicted molar refractivity (Wildman–Crippen MR) is 124 cm³/mol. The van der Waals surface area contributed by atoms with Crippen LogP contribution in [0.1, 0.15) is 24.8 Å². The standard InChI is InChI=1S/C26H25FN2O6/c27-17-9-18-19(10-22(28-18)35-21-12-34-24-20(30)11-33-25(21)24)29-23(17)15-5-1-13(2-6-15)14-3-7-16(8-4-14)26(31)32/h1-3,5-6,9-10,16,20-21,24-25,28,30H,4,7-8,11-12H2,(H,31,32)/t16?,20-,21-,24-,25-/m1/s1. The summed E-state index contributed by atoms with van der Waals surface area (Å²) in [4.78, 5) is 18.7. The second-order valence-corrected chi connectivity index (χ2v) is 9.32. The average Bonchev–Trinajstić information content (AvgIpc) is 3.55. The molecular weight excluding hydrogens is 455 g/mol. The van der Waals surface area contributed by atoms with Crippen molar-refractivity contribution in [3.05, 3.63) is 53.9 Å². The summed E-state index contributed by atoms with van der Waals surface area (Å²) >= 11 is 0. The van der Waals surface area contributed by atoms with Gasteiger partial charge in [0.05, 0.1) is 30.2 Å². The monoisotopic (exact) mass is 480 g/mol. The Morgan fingerprint density at radius 1 is 1.11 bits per heavy atom. The summed E-state index contributed by atoms with van der Waals surface area (Å²) in [5, 5.41) is 19.1. The van der Waals surface area contributed by atoms with Crippen molar-refractivity contribution in [2.24, 2.45) is 5.92 Å². The van der Waals surface area contributed by atoms with Crippen LogP contribution >= 0.6 is 0 Å². The number of nitrogens with one attached hydrogen (secondary N) is 1. The van der Waals surface area contributed by atoms with Gasteiger partial charge in [-0.25, -0.2) is 9.37 Å². The molecule has 5 atom stereocenters. The highest BCUT2D eigenvalue weighted by Gasteiger charge is 2.48. The van der Waals surface area contributed by atoms with Gasteiger partial charge in [-0.2, -0.15) is 0 Å². The number of rotatable bonds is 5. The summed E-state index contributed by atoms with van der Waals surface area (Å²) in [6.07, 6.45) is 2.07. The minimum atomic E-state index is -0.752. The summed E-state index contributed by atoms with van der Waals surface area (Å²) in [5.41, 5.74) is 4.09. The van der Waals surface area contributed by atoms with Crippen molar-refractivity contribution in [3.8, 4) is 17.1 Å². The molecule has 0 bridgehead atoms. The molecule has 1 aromatic carbocycles.